The largest absolute Gasteiger partial charge is 0.159 e. The van der Waals surface area contributed by atoms with Gasteiger partial charge in [0.2, 0.25) is 0 Å². The standard InChI is InChI=1S/C7H11N2/c1-2-3-4-7-5-8-9-6-7/h5-6H,2-4H2,1H3. The maximum absolute atomic E-state index is 3.73. The Morgan fingerprint density at radius 1 is 1.56 bits per heavy atom. The van der Waals surface area contributed by atoms with Gasteiger partial charge < -0.3 is 0 Å². The molecule has 0 saturated carbocycles. The lowest BCUT2D eigenvalue weighted by Gasteiger charge is -1.91. The van der Waals surface area contributed by atoms with Crippen LogP contribution in [0.25, 0.3) is 0 Å². The van der Waals surface area contributed by atoms with Crippen molar-refractivity contribution >= 4 is 6.21 Å². The van der Waals surface area contributed by atoms with Gasteiger partial charge in [-0.3, -0.25) is 0 Å². The highest BCUT2D eigenvalue weighted by atomic mass is 15.3. The molecule has 0 aromatic carbocycles. The molecule has 0 N–H and O–H groups in total. The van der Waals surface area contributed by atoms with Gasteiger partial charge in [0, 0.05) is 0 Å². The Labute approximate surface area is 55.6 Å². The molecule has 2 heteroatoms. The van der Waals surface area contributed by atoms with Gasteiger partial charge in [0.25, 0.3) is 0 Å². The molecule has 9 heavy (non-hydrogen) atoms. The van der Waals surface area contributed by atoms with Crippen LogP contribution in [0.1, 0.15) is 26.2 Å². The third kappa shape index (κ3) is 1.88. The summed E-state index contributed by atoms with van der Waals surface area (Å²) in [6.07, 6.45) is 7.27. The minimum atomic E-state index is 1.13. The highest BCUT2D eigenvalue weighted by Gasteiger charge is 1.97. The smallest absolute Gasteiger partial charge is 0.0543 e. The van der Waals surface area contributed by atoms with Crippen LogP contribution in [0.15, 0.2) is 16.9 Å². The number of hydrogen-bond donors (Lipinski definition) is 0. The van der Waals surface area contributed by atoms with Crippen LogP contribution in [0.4, 0.5) is 0 Å². The first kappa shape index (κ1) is 6.33. The molecule has 0 fully saturated rings. The second kappa shape index (κ2) is 3.28. The number of rotatable bonds is 3. The fourth-order valence-corrected chi connectivity index (χ4v) is 0.758. The maximum atomic E-state index is 3.73. The quantitative estimate of drug-likeness (QED) is 0.545. The molecule has 1 heterocycles. The Bertz CT molecular complexity index is 136. The molecule has 2 nitrogen and oxygen atoms in total. The van der Waals surface area contributed by atoms with E-state index in [0.29, 0.717) is 0 Å². The predicted molar refractivity (Wildman–Crippen MR) is 38.2 cm³/mol. The summed E-state index contributed by atoms with van der Waals surface area (Å²) in [6.45, 7) is 2.18. The van der Waals surface area contributed by atoms with Gasteiger partial charge in [-0.15, -0.1) is 0 Å². The molecule has 0 atom stereocenters. The molecular formula is C7H11N2. The van der Waals surface area contributed by atoms with Gasteiger partial charge in [0.1, 0.15) is 0 Å². The minimum absolute atomic E-state index is 1.13. The maximum Gasteiger partial charge on any atom is 0.0543 e. The van der Waals surface area contributed by atoms with E-state index in [4.69, 9.17) is 0 Å². The van der Waals surface area contributed by atoms with Crippen molar-refractivity contribution in [1.29, 1.82) is 0 Å². The molecule has 1 radical (unpaired) electrons. The van der Waals surface area contributed by atoms with Gasteiger partial charge in [-0.05, 0) is 18.4 Å². The van der Waals surface area contributed by atoms with Crippen molar-refractivity contribution in [2.75, 3.05) is 0 Å². The first-order valence-electron chi connectivity index (χ1n) is 3.35. The molecule has 0 spiro atoms. The zero-order valence-electron chi connectivity index (χ0n) is 5.67. The fraction of sp³-hybridized carbons (Fsp3) is 0.571. The third-order valence-electron chi connectivity index (χ3n) is 1.33. The van der Waals surface area contributed by atoms with Crippen molar-refractivity contribution in [1.82, 2.24) is 5.43 Å². The average molecular weight is 123 g/mol. The van der Waals surface area contributed by atoms with Crippen LogP contribution in [-0.2, 0) is 0 Å². The van der Waals surface area contributed by atoms with E-state index in [1.807, 2.05) is 12.4 Å². The highest BCUT2D eigenvalue weighted by molar-refractivity contribution is 5.79. The zero-order valence-corrected chi connectivity index (χ0v) is 5.67. The van der Waals surface area contributed by atoms with Crippen LogP contribution in [-0.4, -0.2) is 6.21 Å². The molecular weight excluding hydrogens is 112 g/mol. The Balaban J connectivity index is 2.19. The van der Waals surface area contributed by atoms with Crippen molar-refractivity contribution in [3.8, 4) is 0 Å². The first-order valence-corrected chi connectivity index (χ1v) is 3.35. The molecule has 0 saturated heterocycles. The van der Waals surface area contributed by atoms with Crippen molar-refractivity contribution in [2.45, 2.75) is 26.2 Å². The van der Waals surface area contributed by atoms with E-state index in [0.717, 1.165) is 6.42 Å². The lowest BCUT2D eigenvalue weighted by molar-refractivity contribution is 0.803. The molecule has 0 aromatic heterocycles. The molecule has 0 aromatic rings. The second-order valence-corrected chi connectivity index (χ2v) is 2.17. The highest BCUT2D eigenvalue weighted by Crippen LogP contribution is 2.06. The summed E-state index contributed by atoms with van der Waals surface area (Å²) in [5.74, 6) is 0. The van der Waals surface area contributed by atoms with Crippen LogP contribution in [0, 0.1) is 0 Å². The van der Waals surface area contributed by atoms with E-state index in [9.17, 15) is 0 Å². The monoisotopic (exact) mass is 123 g/mol. The summed E-state index contributed by atoms with van der Waals surface area (Å²) in [5, 5.41) is 3.73. The molecule has 49 valence electrons. The summed E-state index contributed by atoms with van der Waals surface area (Å²) >= 11 is 0. The molecule has 0 bridgehead atoms. The first-order chi connectivity index (χ1) is 4.43. The van der Waals surface area contributed by atoms with Crippen LogP contribution in [0.3, 0.4) is 0 Å². The molecule has 0 amide bonds. The normalized spacial score (nSPS) is 15.4. The molecule has 1 aliphatic heterocycles. The second-order valence-electron chi connectivity index (χ2n) is 2.17. The van der Waals surface area contributed by atoms with Gasteiger partial charge in [-0.2, -0.15) is 10.5 Å². The number of hydrogen-bond acceptors (Lipinski definition) is 1. The van der Waals surface area contributed by atoms with Gasteiger partial charge in [-0.1, -0.05) is 13.3 Å². The molecule has 1 rings (SSSR count). The van der Waals surface area contributed by atoms with Crippen molar-refractivity contribution in [2.24, 2.45) is 5.10 Å². The SMILES string of the molecule is CCCCC1=C[N]N=C1. The van der Waals surface area contributed by atoms with Crippen molar-refractivity contribution < 1.29 is 0 Å². The number of nitrogens with zero attached hydrogens (tertiary/aromatic N) is 2. The minimum Gasteiger partial charge on any atom is -0.159 e. The summed E-state index contributed by atoms with van der Waals surface area (Å²) < 4.78 is 0. The van der Waals surface area contributed by atoms with E-state index in [1.165, 1.54) is 18.4 Å². The average Bonchev–Trinajstić information content (AvgIpc) is 2.34. The number of unbranched alkanes of at least 4 members (excludes halogenated alkanes) is 1. The molecule has 1 aliphatic rings. The lowest BCUT2D eigenvalue weighted by Crippen LogP contribution is -1.80. The van der Waals surface area contributed by atoms with Crippen LogP contribution < -0.4 is 5.43 Å². The van der Waals surface area contributed by atoms with Crippen LogP contribution >= 0.6 is 0 Å². The van der Waals surface area contributed by atoms with Crippen LogP contribution in [0.5, 0.6) is 0 Å². The Hall–Kier alpha value is -0.790. The van der Waals surface area contributed by atoms with Gasteiger partial charge in [0.05, 0.1) is 12.4 Å². The van der Waals surface area contributed by atoms with E-state index in [2.05, 4.69) is 17.5 Å². The lowest BCUT2D eigenvalue weighted by atomic mass is 10.1. The summed E-state index contributed by atoms with van der Waals surface area (Å²) in [4.78, 5) is 0. The van der Waals surface area contributed by atoms with E-state index < -0.39 is 0 Å². The molecule has 0 aliphatic carbocycles. The third-order valence-corrected chi connectivity index (χ3v) is 1.33. The number of allylic oxidation sites excluding steroid dienone is 1. The summed E-state index contributed by atoms with van der Waals surface area (Å²) in [5.41, 5.74) is 4.99. The topological polar surface area (TPSA) is 26.5 Å². The summed E-state index contributed by atoms with van der Waals surface area (Å²) in [6, 6.07) is 0. The fourth-order valence-electron chi connectivity index (χ4n) is 0.758. The summed E-state index contributed by atoms with van der Waals surface area (Å²) in [7, 11) is 0. The van der Waals surface area contributed by atoms with Crippen LogP contribution in [0.2, 0.25) is 0 Å². The predicted octanol–water partition coefficient (Wildman–Crippen LogP) is 1.66. The van der Waals surface area contributed by atoms with Crippen molar-refractivity contribution in [3.63, 3.8) is 0 Å². The Kier molecular flexibility index (Phi) is 2.31. The van der Waals surface area contributed by atoms with E-state index in [1.54, 1.807) is 0 Å². The Morgan fingerprint density at radius 3 is 3.00 bits per heavy atom. The zero-order chi connectivity index (χ0) is 6.53. The van der Waals surface area contributed by atoms with Crippen molar-refractivity contribution in [3.05, 3.63) is 11.8 Å². The van der Waals surface area contributed by atoms with Gasteiger partial charge in [-0.25, -0.2) is 0 Å². The van der Waals surface area contributed by atoms with E-state index in [-0.39, 0.29) is 0 Å². The van der Waals surface area contributed by atoms with Gasteiger partial charge in [0.15, 0.2) is 0 Å². The van der Waals surface area contributed by atoms with Gasteiger partial charge >= 0.3 is 0 Å². The molecule has 0 unspecified atom stereocenters. The Morgan fingerprint density at radius 2 is 2.44 bits per heavy atom. The van der Waals surface area contributed by atoms with E-state index >= 15 is 0 Å².